The minimum Gasteiger partial charge on any atom is -0.449 e. The Kier molecular flexibility index (Phi) is 10.0. The number of fused-ring (bicyclic) bond motifs is 1. The first kappa shape index (κ1) is 29.6. The summed E-state index contributed by atoms with van der Waals surface area (Å²) in [6.45, 7) is 5.64. The summed E-state index contributed by atoms with van der Waals surface area (Å²) in [5.74, 6) is 1.33. The molecule has 0 atom stereocenters. The molecule has 0 aliphatic carbocycles. The zero-order valence-electron chi connectivity index (χ0n) is 24.5. The number of aromatic nitrogens is 2. The van der Waals surface area contributed by atoms with Crippen molar-refractivity contribution < 1.29 is 19.4 Å². The third-order valence-electron chi connectivity index (χ3n) is 7.17. The number of urea groups is 1. The van der Waals surface area contributed by atoms with Crippen molar-refractivity contribution in [2.45, 2.75) is 58.9 Å². The summed E-state index contributed by atoms with van der Waals surface area (Å²) in [5, 5.41) is 9.11. The molecule has 4 rings (SSSR count). The van der Waals surface area contributed by atoms with E-state index in [1.54, 1.807) is 31.1 Å². The number of hydrogen-bond donors (Lipinski definition) is 1. The second-order valence-electron chi connectivity index (χ2n) is 10.5. The van der Waals surface area contributed by atoms with Gasteiger partial charge in [-0.2, -0.15) is 0 Å². The number of hydrogen-bond acceptors (Lipinski definition) is 4. The fourth-order valence-corrected chi connectivity index (χ4v) is 4.99. The number of nitrogens with zero attached hydrogens (tertiary/aromatic N) is 4. The third kappa shape index (κ3) is 7.25. The third-order valence-corrected chi connectivity index (χ3v) is 7.17. The number of para-hydroxylation sites is 1. The summed E-state index contributed by atoms with van der Waals surface area (Å²) in [7, 11) is 3.58. The summed E-state index contributed by atoms with van der Waals surface area (Å²) >= 11 is 0. The Bertz CT molecular complexity index is 1480. The van der Waals surface area contributed by atoms with E-state index in [-0.39, 0.29) is 6.03 Å². The average molecular weight is 557 g/mol. The molecule has 0 spiro atoms. The maximum absolute atomic E-state index is 13.1. The molecule has 8 nitrogen and oxygen atoms in total. The zero-order valence-corrected chi connectivity index (χ0v) is 24.5. The molecule has 0 aliphatic heterocycles. The van der Waals surface area contributed by atoms with Crippen LogP contribution < -0.4 is 9.64 Å². The summed E-state index contributed by atoms with van der Waals surface area (Å²) < 4.78 is 7.24. The Morgan fingerprint density at radius 3 is 2.34 bits per heavy atom. The van der Waals surface area contributed by atoms with E-state index in [4.69, 9.17) is 14.8 Å². The van der Waals surface area contributed by atoms with E-state index in [1.165, 1.54) is 0 Å². The largest absolute Gasteiger partial charge is 0.511 e. The van der Waals surface area contributed by atoms with Crippen molar-refractivity contribution in [2.24, 2.45) is 0 Å². The summed E-state index contributed by atoms with van der Waals surface area (Å²) in [5.41, 5.74) is 5.49. The maximum atomic E-state index is 13.1. The van der Waals surface area contributed by atoms with Crippen LogP contribution in [0.15, 0.2) is 66.7 Å². The van der Waals surface area contributed by atoms with Gasteiger partial charge in [0.1, 0.15) is 11.6 Å². The van der Waals surface area contributed by atoms with Crippen LogP contribution in [0.3, 0.4) is 0 Å². The van der Waals surface area contributed by atoms with Gasteiger partial charge >= 0.3 is 12.2 Å². The molecule has 0 fully saturated rings. The van der Waals surface area contributed by atoms with Crippen molar-refractivity contribution in [3.8, 4) is 16.9 Å². The van der Waals surface area contributed by atoms with Crippen LogP contribution in [-0.4, -0.2) is 52.4 Å². The molecule has 1 aromatic heterocycles. The quantitative estimate of drug-likeness (QED) is 0.109. The van der Waals surface area contributed by atoms with Gasteiger partial charge in [-0.1, -0.05) is 75.6 Å². The molecule has 3 aromatic carbocycles. The molecule has 1 N–H and O–H groups in total. The molecular formula is C33H40N4O4. The lowest BCUT2D eigenvalue weighted by molar-refractivity contribution is 0.144. The van der Waals surface area contributed by atoms with Crippen molar-refractivity contribution in [1.82, 2.24) is 14.5 Å². The summed E-state index contributed by atoms with van der Waals surface area (Å²) in [4.78, 5) is 32.7. The number of aryl methyl sites for hydroxylation is 1. The lowest BCUT2D eigenvalue weighted by atomic mass is 10.0. The van der Waals surface area contributed by atoms with E-state index in [0.29, 0.717) is 18.8 Å². The molecular weight excluding hydrogens is 516 g/mol. The van der Waals surface area contributed by atoms with Gasteiger partial charge in [0.15, 0.2) is 0 Å². The fraction of sp³-hybridized carbons (Fsp3) is 0.364. The van der Waals surface area contributed by atoms with Gasteiger partial charge in [0.2, 0.25) is 0 Å². The van der Waals surface area contributed by atoms with Gasteiger partial charge in [-0.05, 0) is 48.2 Å². The molecule has 1 heterocycles. The molecule has 8 heteroatoms. The summed E-state index contributed by atoms with van der Waals surface area (Å²) in [6, 6.07) is 21.3. The van der Waals surface area contributed by atoms with Crippen molar-refractivity contribution in [1.29, 1.82) is 0 Å². The van der Waals surface area contributed by atoms with Crippen LogP contribution >= 0.6 is 0 Å². The standard InChI is InChI=1S/C33H40N4O4/c1-5-7-11-21-36(32(38)35(3)4)26-19-20-28-29(22-26)37(31(34-28)14-8-6-2)23-24-15-17-25(18-16-24)27-12-9-10-13-30(27)41-33(39)40/h9-10,12-13,15-20,22H,5-8,11,14,21,23H2,1-4H3,(H,39,40). The number of carbonyl (C=O) groups is 2. The first-order valence-corrected chi connectivity index (χ1v) is 14.4. The monoisotopic (exact) mass is 556 g/mol. The Morgan fingerprint density at radius 1 is 0.927 bits per heavy atom. The van der Waals surface area contributed by atoms with E-state index in [0.717, 1.165) is 77.8 Å². The topological polar surface area (TPSA) is 87.9 Å². The van der Waals surface area contributed by atoms with Crippen LogP contribution in [0.5, 0.6) is 5.75 Å². The lowest BCUT2D eigenvalue weighted by Gasteiger charge is -2.26. The van der Waals surface area contributed by atoms with Gasteiger partial charge in [-0.25, -0.2) is 14.6 Å². The molecule has 0 unspecified atom stereocenters. The number of benzene rings is 3. The fourth-order valence-electron chi connectivity index (χ4n) is 4.99. The highest BCUT2D eigenvalue weighted by Gasteiger charge is 2.20. The Morgan fingerprint density at radius 2 is 1.66 bits per heavy atom. The maximum Gasteiger partial charge on any atom is 0.511 e. The van der Waals surface area contributed by atoms with Crippen molar-refractivity contribution in [3.63, 3.8) is 0 Å². The molecule has 0 saturated carbocycles. The van der Waals surface area contributed by atoms with Gasteiger partial charge in [-0.3, -0.25) is 4.90 Å². The summed E-state index contributed by atoms with van der Waals surface area (Å²) in [6.07, 6.45) is 4.75. The van der Waals surface area contributed by atoms with Crippen LogP contribution in [-0.2, 0) is 13.0 Å². The smallest absolute Gasteiger partial charge is 0.449 e. The average Bonchev–Trinajstić information content (AvgIpc) is 3.30. The van der Waals surface area contributed by atoms with Gasteiger partial charge < -0.3 is 19.3 Å². The molecule has 0 saturated heterocycles. The molecule has 0 radical (unpaired) electrons. The van der Waals surface area contributed by atoms with Gasteiger partial charge in [0.05, 0.1) is 11.0 Å². The van der Waals surface area contributed by atoms with Crippen molar-refractivity contribution in [2.75, 3.05) is 25.5 Å². The van der Waals surface area contributed by atoms with Crippen molar-refractivity contribution >= 4 is 28.9 Å². The zero-order chi connectivity index (χ0) is 29.4. The molecule has 0 bridgehead atoms. The number of rotatable bonds is 12. The lowest BCUT2D eigenvalue weighted by Crippen LogP contribution is -2.40. The van der Waals surface area contributed by atoms with E-state index in [1.807, 2.05) is 41.3 Å². The molecule has 0 aliphatic rings. The highest BCUT2D eigenvalue weighted by Crippen LogP contribution is 2.31. The van der Waals surface area contributed by atoms with Crippen LogP contribution in [0, 0.1) is 0 Å². The SMILES string of the molecule is CCCCCN(C(=O)N(C)C)c1ccc2nc(CCCC)n(Cc3ccc(-c4ccccc4OC(=O)O)cc3)c2c1. The number of anilines is 1. The first-order chi connectivity index (χ1) is 19.8. The van der Waals surface area contributed by atoms with Crippen LogP contribution in [0.2, 0.25) is 0 Å². The number of amides is 2. The van der Waals surface area contributed by atoms with E-state index in [2.05, 4.69) is 36.6 Å². The highest BCUT2D eigenvalue weighted by molar-refractivity contribution is 5.94. The van der Waals surface area contributed by atoms with E-state index < -0.39 is 6.16 Å². The van der Waals surface area contributed by atoms with E-state index in [9.17, 15) is 9.59 Å². The number of unbranched alkanes of at least 4 members (excludes halogenated alkanes) is 3. The van der Waals surface area contributed by atoms with Crippen molar-refractivity contribution in [3.05, 3.63) is 78.1 Å². The van der Waals surface area contributed by atoms with E-state index >= 15 is 0 Å². The molecule has 4 aromatic rings. The molecule has 2 amide bonds. The Balaban J connectivity index is 1.69. The Hall–Kier alpha value is -4.33. The van der Waals surface area contributed by atoms with Crippen LogP contribution in [0.1, 0.15) is 57.3 Å². The highest BCUT2D eigenvalue weighted by atomic mass is 16.7. The predicted molar refractivity (Wildman–Crippen MR) is 164 cm³/mol. The minimum absolute atomic E-state index is 0.0273. The molecule has 216 valence electrons. The Labute approximate surface area is 242 Å². The van der Waals surface area contributed by atoms with Gasteiger partial charge in [0, 0.05) is 44.9 Å². The van der Waals surface area contributed by atoms with Gasteiger partial charge in [-0.15, -0.1) is 0 Å². The van der Waals surface area contributed by atoms with Gasteiger partial charge in [0.25, 0.3) is 0 Å². The molecule has 41 heavy (non-hydrogen) atoms. The number of ether oxygens (including phenoxy) is 1. The predicted octanol–water partition coefficient (Wildman–Crippen LogP) is 7.83. The number of carboxylic acid groups (broad SMARTS) is 1. The first-order valence-electron chi connectivity index (χ1n) is 14.4. The number of imidazole rings is 1. The second kappa shape index (κ2) is 13.8. The normalized spacial score (nSPS) is 11.0. The number of carbonyl (C=O) groups excluding carboxylic acids is 1. The van der Waals surface area contributed by atoms with Crippen LogP contribution in [0.4, 0.5) is 15.3 Å². The minimum atomic E-state index is -1.34. The second-order valence-corrected chi connectivity index (χ2v) is 10.5. The van der Waals surface area contributed by atoms with Crippen LogP contribution in [0.25, 0.3) is 22.2 Å².